The number of anilines is 1. The summed E-state index contributed by atoms with van der Waals surface area (Å²) in [6.45, 7) is 2.00. The molecule has 25 heavy (non-hydrogen) atoms. The van der Waals surface area contributed by atoms with Gasteiger partial charge in [0, 0.05) is 11.3 Å². The molecule has 0 spiro atoms. The van der Waals surface area contributed by atoms with Gasteiger partial charge in [0.25, 0.3) is 0 Å². The topological polar surface area (TPSA) is 70.7 Å². The van der Waals surface area contributed by atoms with Crippen molar-refractivity contribution < 1.29 is 9.18 Å². The minimum absolute atomic E-state index is 0.0396. The average molecular weight is 377 g/mol. The van der Waals surface area contributed by atoms with Gasteiger partial charge in [-0.25, -0.2) is 9.37 Å². The van der Waals surface area contributed by atoms with Gasteiger partial charge >= 0.3 is 0 Å². The molecule has 0 bridgehead atoms. The first-order valence-corrected chi connectivity index (χ1v) is 8.75. The van der Waals surface area contributed by atoms with Crippen molar-refractivity contribution in [3.8, 4) is 11.4 Å². The molecular formula is C17H14ClFN4OS. The molecule has 3 aromatic rings. The third kappa shape index (κ3) is 4.58. The number of hydrogen-bond donors (Lipinski definition) is 2. The Morgan fingerprint density at radius 3 is 2.92 bits per heavy atom. The van der Waals surface area contributed by atoms with Crippen LogP contribution in [-0.4, -0.2) is 26.8 Å². The van der Waals surface area contributed by atoms with Crippen molar-refractivity contribution in [1.29, 1.82) is 0 Å². The van der Waals surface area contributed by atoms with Crippen molar-refractivity contribution in [1.82, 2.24) is 15.2 Å². The molecule has 5 nitrogen and oxygen atoms in total. The van der Waals surface area contributed by atoms with E-state index < -0.39 is 5.82 Å². The van der Waals surface area contributed by atoms with Gasteiger partial charge in [-0.05, 0) is 31.2 Å². The second kappa shape index (κ2) is 7.67. The number of thioether (sulfide) groups is 1. The number of carbonyl (C=O) groups excluding carboxylic acids is 1. The molecule has 3 rings (SSSR count). The number of aromatic amines is 1. The summed E-state index contributed by atoms with van der Waals surface area (Å²) in [7, 11) is 0. The molecule has 1 aromatic heterocycles. The van der Waals surface area contributed by atoms with Crippen LogP contribution in [-0.2, 0) is 4.79 Å². The van der Waals surface area contributed by atoms with Gasteiger partial charge in [0.2, 0.25) is 11.1 Å². The summed E-state index contributed by atoms with van der Waals surface area (Å²) in [4.78, 5) is 16.3. The van der Waals surface area contributed by atoms with Crippen molar-refractivity contribution >= 4 is 35.0 Å². The highest BCUT2D eigenvalue weighted by molar-refractivity contribution is 7.99. The Labute approximate surface area is 153 Å². The van der Waals surface area contributed by atoms with Crippen LogP contribution in [0.3, 0.4) is 0 Å². The Hall–Kier alpha value is -2.38. The van der Waals surface area contributed by atoms with Crippen LogP contribution in [0.15, 0.2) is 47.6 Å². The summed E-state index contributed by atoms with van der Waals surface area (Å²) in [5.41, 5.74) is 2.50. The fourth-order valence-corrected chi connectivity index (χ4v) is 2.91. The summed E-state index contributed by atoms with van der Waals surface area (Å²) in [5.74, 6) is -0.00920. The minimum atomic E-state index is -0.529. The summed E-state index contributed by atoms with van der Waals surface area (Å²) in [5, 5.41) is 10.1. The summed E-state index contributed by atoms with van der Waals surface area (Å²) < 4.78 is 13.1. The largest absolute Gasteiger partial charge is 0.325 e. The fourth-order valence-electron chi connectivity index (χ4n) is 2.13. The van der Waals surface area contributed by atoms with Crippen LogP contribution in [0.5, 0.6) is 0 Å². The van der Waals surface area contributed by atoms with Crippen LogP contribution in [0.25, 0.3) is 11.4 Å². The molecule has 0 atom stereocenters. The van der Waals surface area contributed by atoms with E-state index in [4.69, 9.17) is 11.6 Å². The fraction of sp³-hybridized carbons (Fsp3) is 0.118. The van der Waals surface area contributed by atoms with E-state index in [0.717, 1.165) is 11.1 Å². The molecule has 0 saturated carbocycles. The van der Waals surface area contributed by atoms with Gasteiger partial charge < -0.3 is 5.32 Å². The number of hydrogen-bond acceptors (Lipinski definition) is 4. The van der Waals surface area contributed by atoms with Crippen LogP contribution in [0, 0.1) is 12.7 Å². The third-order valence-electron chi connectivity index (χ3n) is 3.29. The van der Waals surface area contributed by atoms with Crippen molar-refractivity contribution in [2.24, 2.45) is 0 Å². The number of nitrogens with one attached hydrogen (secondary N) is 2. The maximum absolute atomic E-state index is 13.1. The van der Waals surface area contributed by atoms with E-state index in [9.17, 15) is 9.18 Å². The maximum Gasteiger partial charge on any atom is 0.234 e. The van der Waals surface area contributed by atoms with Gasteiger partial charge in [0.05, 0.1) is 10.8 Å². The van der Waals surface area contributed by atoms with E-state index in [-0.39, 0.29) is 16.7 Å². The molecule has 0 fully saturated rings. The van der Waals surface area contributed by atoms with Crippen LogP contribution in [0.1, 0.15) is 5.56 Å². The molecular weight excluding hydrogens is 363 g/mol. The molecule has 2 N–H and O–H groups in total. The smallest absolute Gasteiger partial charge is 0.234 e. The lowest BCUT2D eigenvalue weighted by atomic mass is 10.1. The second-order valence-corrected chi connectivity index (χ2v) is 6.65. The van der Waals surface area contributed by atoms with Crippen molar-refractivity contribution in [3.63, 3.8) is 0 Å². The van der Waals surface area contributed by atoms with Crippen LogP contribution < -0.4 is 5.32 Å². The molecule has 0 radical (unpaired) electrons. The molecule has 128 valence electrons. The van der Waals surface area contributed by atoms with E-state index in [0.29, 0.717) is 16.7 Å². The zero-order valence-corrected chi connectivity index (χ0v) is 14.8. The molecule has 1 amide bonds. The molecule has 0 unspecified atom stereocenters. The number of aryl methyl sites for hydroxylation is 1. The van der Waals surface area contributed by atoms with Gasteiger partial charge in [0.15, 0.2) is 5.82 Å². The number of carbonyl (C=O) groups is 1. The number of nitrogens with zero attached hydrogens (tertiary/aromatic N) is 2. The predicted octanol–water partition coefficient (Wildman–Crippen LogP) is 4.30. The standard InChI is InChI=1S/C17H14ClFN4OS/c1-10-3-2-4-11(7-10)16-21-17(23-22-16)25-9-15(24)20-12-5-6-14(19)13(18)8-12/h2-8H,9H2,1H3,(H,20,24)(H,21,22,23). The zero-order chi connectivity index (χ0) is 17.8. The highest BCUT2D eigenvalue weighted by Gasteiger charge is 2.10. The number of amides is 1. The molecule has 0 aliphatic heterocycles. The average Bonchev–Trinajstić information content (AvgIpc) is 3.05. The van der Waals surface area contributed by atoms with E-state index in [1.54, 1.807) is 0 Å². The predicted molar refractivity (Wildman–Crippen MR) is 97.3 cm³/mol. The highest BCUT2D eigenvalue weighted by atomic mass is 35.5. The first-order valence-electron chi connectivity index (χ1n) is 7.38. The van der Waals surface area contributed by atoms with Crippen molar-refractivity contribution in [2.45, 2.75) is 12.1 Å². The summed E-state index contributed by atoms with van der Waals surface area (Å²) in [6.07, 6.45) is 0. The Morgan fingerprint density at radius 1 is 1.32 bits per heavy atom. The normalized spacial score (nSPS) is 10.7. The monoisotopic (exact) mass is 376 g/mol. The minimum Gasteiger partial charge on any atom is -0.325 e. The molecule has 2 aromatic carbocycles. The zero-order valence-electron chi connectivity index (χ0n) is 13.2. The number of aromatic nitrogens is 3. The Kier molecular flexibility index (Phi) is 5.35. The first-order chi connectivity index (χ1) is 12.0. The third-order valence-corrected chi connectivity index (χ3v) is 4.43. The number of benzene rings is 2. The van der Waals surface area contributed by atoms with Crippen LogP contribution in [0.4, 0.5) is 10.1 Å². The van der Waals surface area contributed by atoms with Gasteiger partial charge in [-0.3, -0.25) is 9.89 Å². The lowest BCUT2D eigenvalue weighted by Gasteiger charge is -2.04. The lowest BCUT2D eigenvalue weighted by molar-refractivity contribution is -0.113. The van der Waals surface area contributed by atoms with Crippen LogP contribution in [0.2, 0.25) is 5.02 Å². The van der Waals surface area contributed by atoms with E-state index in [1.807, 2.05) is 31.2 Å². The quantitative estimate of drug-likeness (QED) is 0.651. The summed E-state index contributed by atoms with van der Waals surface area (Å²) in [6, 6.07) is 11.9. The molecule has 0 saturated heterocycles. The Morgan fingerprint density at radius 2 is 2.16 bits per heavy atom. The Balaban J connectivity index is 1.58. The first kappa shape index (κ1) is 17.4. The Bertz CT molecular complexity index is 915. The molecule has 0 aliphatic carbocycles. The van der Waals surface area contributed by atoms with Crippen molar-refractivity contribution in [3.05, 3.63) is 58.9 Å². The summed E-state index contributed by atoms with van der Waals surface area (Å²) >= 11 is 6.89. The SMILES string of the molecule is Cc1cccc(-c2nc(SCC(=O)Nc3ccc(F)c(Cl)c3)n[nH]2)c1. The maximum atomic E-state index is 13.1. The van der Waals surface area contributed by atoms with Gasteiger partial charge in [-0.1, -0.05) is 47.1 Å². The molecule has 0 aliphatic rings. The van der Waals surface area contributed by atoms with Gasteiger partial charge in [-0.15, -0.1) is 5.10 Å². The highest BCUT2D eigenvalue weighted by Crippen LogP contribution is 2.22. The van der Waals surface area contributed by atoms with E-state index >= 15 is 0 Å². The lowest BCUT2D eigenvalue weighted by Crippen LogP contribution is -2.14. The van der Waals surface area contributed by atoms with Crippen molar-refractivity contribution in [2.75, 3.05) is 11.1 Å². The number of halogens is 2. The molecule has 1 heterocycles. The van der Waals surface area contributed by atoms with Gasteiger partial charge in [0.1, 0.15) is 5.82 Å². The van der Waals surface area contributed by atoms with Gasteiger partial charge in [-0.2, -0.15) is 0 Å². The second-order valence-electron chi connectivity index (χ2n) is 5.30. The molecule has 8 heteroatoms. The van der Waals surface area contributed by atoms with E-state index in [2.05, 4.69) is 20.5 Å². The van der Waals surface area contributed by atoms with E-state index in [1.165, 1.54) is 30.0 Å². The van der Waals surface area contributed by atoms with Crippen LogP contribution >= 0.6 is 23.4 Å². The number of H-pyrrole nitrogens is 1. The number of rotatable bonds is 5.